The minimum absolute atomic E-state index is 0.165. The molecule has 1 amide bonds. The number of aromatic nitrogens is 2. The van der Waals surface area contributed by atoms with Gasteiger partial charge in [-0.1, -0.05) is 29.4 Å². The molecule has 0 atom stereocenters. The lowest BCUT2D eigenvalue weighted by Gasteiger charge is -2.11. The summed E-state index contributed by atoms with van der Waals surface area (Å²) in [6.45, 7) is 3.87. The molecule has 3 rings (SSSR count). The fourth-order valence-electron chi connectivity index (χ4n) is 2.30. The third-order valence-electron chi connectivity index (χ3n) is 3.36. The number of rotatable bonds is 4. The second kappa shape index (κ2) is 6.96. The molecule has 0 aliphatic carbocycles. The van der Waals surface area contributed by atoms with Gasteiger partial charge >= 0.3 is 0 Å². The number of carbonyl (C=O) groups excluding carboxylic acids is 1. The molecule has 5 nitrogen and oxygen atoms in total. The minimum atomic E-state index is -0.165. The molecule has 0 unspecified atom stereocenters. The van der Waals surface area contributed by atoms with Gasteiger partial charge in [0.25, 0.3) is 0 Å². The number of nitrogens with zero attached hydrogens (tertiary/aromatic N) is 2. The summed E-state index contributed by atoms with van der Waals surface area (Å²) in [5.41, 5.74) is 8.53. The summed E-state index contributed by atoms with van der Waals surface area (Å²) in [6.07, 6.45) is 0. The van der Waals surface area contributed by atoms with Crippen LogP contribution in [0.3, 0.4) is 0 Å². The van der Waals surface area contributed by atoms with Crippen LogP contribution in [0.2, 0.25) is 5.02 Å². The van der Waals surface area contributed by atoms with Crippen molar-refractivity contribution in [2.75, 3.05) is 16.8 Å². The maximum absolute atomic E-state index is 12.2. The van der Waals surface area contributed by atoms with Gasteiger partial charge in [-0.05, 0) is 42.5 Å². The predicted octanol–water partition coefficient (Wildman–Crippen LogP) is 4.27. The Bertz CT molecular complexity index is 903. The Hall–Kier alpha value is -1.83. The zero-order valence-corrected chi connectivity index (χ0v) is 15.5. The monoisotopic (exact) mass is 378 g/mol. The maximum Gasteiger partial charge on any atom is 0.234 e. The third kappa shape index (κ3) is 3.63. The van der Waals surface area contributed by atoms with Crippen molar-refractivity contribution >= 4 is 62.3 Å². The first kappa shape index (κ1) is 17.0. The van der Waals surface area contributed by atoms with E-state index in [1.165, 1.54) is 23.1 Å². The van der Waals surface area contributed by atoms with Crippen molar-refractivity contribution in [2.24, 2.45) is 0 Å². The van der Waals surface area contributed by atoms with Crippen molar-refractivity contribution in [1.29, 1.82) is 0 Å². The predicted molar refractivity (Wildman–Crippen MR) is 102 cm³/mol. The van der Waals surface area contributed by atoms with Gasteiger partial charge in [0.1, 0.15) is 10.6 Å². The van der Waals surface area contributed by atoms with Crippen molar-refractivity contribution in [1.82, 2.24) is 9.97 Å². The van der Waals surface area contributed by atoms with Gasteiger partial charge in [0, 0.05) is 0 Å². The zero-order valence-electron chi connectivity index (χ0n) is 13.1. The minimum Gasteiger partial charge on any atom is -0.383 e. The summed E-state index contributed by atoms with van der Waals surface area (Å²) >= 11 is 8.95. The molecule has 3 aromatic rings. The van der Waals surface area contributed by atoms with Gasteiger partial charge in [-0.25, -0.2) is 9.97 Å². The van der Waals surface area contributed by atoms with Crippen LogP contribution < -0.4 is 11.1 Å². The summed E-state index contributed by atoms with van der Waals surface area (Å²) in [4.78, 5) is 21.7. The van der Waals surface area contributed by atoms with Crippen molar-refractivity contribution in [3.63, 3.8) is 0 Å². The molecule has 2 heterocycles. The SMILES string of the molecule is Cc1cc(C)c(NC(=O)CSc2nc(N)c3ccsc3n2)c(Cl)c1. The number of halogens is 1. The van der Waals surface area contributed by atoms with E-state index >= 15 is 0 Å². The standard InChI is InChI=1S/C16H15ClN4OS2/c1-8-5-9(2)13(11(17)6-8)19-12(22)7-24-16-20-14(18)10-3-4-23-15(10)21-16/h3-6H,7H2,1-2H3,(H,19,22)(H2,18,20,21). The molecular weight excluding hydrogens is 364 g/mol. The highest BCUT2D eigenvalue weighted by Gasteiger charge is 2.12. The van der Waals surface area contributed by atoms with Crippen molar-refractivity contribution in [3.05, 3.63) is 39.7 Å². The van der Waals surface area contributed by atoms with Crippen LogP contribution in [0.5, 0.6) is 0 Å². The molecule has 0 bridgehead atoms. The van der Waals surface area contributed by atoms with Gasteiger partial charge in [0.05, 0.1) is 21.8 Å². The normalized spacial score (nSPS) is 11.0. The molecule has 0 fully saturated rings. The molecular formula is C16H15ClN4OS2. The van der Waals surface area contributed by atoms with E-state index in [1.54, 1.807) is 0 Å². The third-order valence-corrected chi connectivity index (χ3v) is 5.31. The average Bonchev–Trinajstić information content (AvgIpc) is 2.98. The molecule has 8 heteroatoms. The Labute approximate surface area is 152 Å². The Morgan fingerprint density at radius 3 is 2.92 bits per heavy atom. The topological polar surface area (TPSA) is 80.9 Å². The number of benzene rings is 1. The van der Waals surface area contributed by atoms with E-state index in [2.05, 4.69) is 15.3 Å². The van der Waals surface area contributed by atoms with Gasteiger partial charge in [-0.3, -0.25) is 4.79 Å². The molecule has 0 aliphatic heterocycles. The highest BCUT2D eigenvalue weighted by molar-refractivity contribution is 7.99. The molecule has 3 N–H and O–H groups in total. The zero-order chi connectivity index (χ0) is 17.3. The van der Waals surface area contributed by atoms with Gasteiger partial charge in [0.2, 0.25) is 5.91 Å². The second-order valence-electron chi connectivity index (χ2n) is 5.31. The van der Waals surface area contributed by atoms with Crippen LogP contribution in [-0.4, -0.2) is 21.6 Å². The van der Waals surface area contributed by atoms with E-state index < -0.39 is 0 Å². The first-order chi connectivity index (χ1) is 11.4. The number of aryl methyl sites for hydroxylation is 2. The second-order valence-corrected chi connectivity index (χ2v) is 7.55. The van der Waals surface area contributed by atoms with Gasteiger partial charge in [-0.15, -0.1) is 11.3 Å². The van der Waals surface area contributed by atoms with Crippen LogP contribution in [0.4, 0.5) is 11.5 Å². The summed E-state index contributed by atoms with van der Waals surface area (Å²) < 4.78 is 0. The summed E-state index contributed by atoms with van der Waals surface area (Å²) in [5, 5.41) is 6.63. The molecule has 0 aliphatic rings. The molecule has 0 saturated carbocycles. The molecule has 124 valence electrons. The molecule has 24 heavy (non-hydrogen) atoms. The fourth-order valence-corrected chi connectivity index (χ4v) is 4.15. The number of nitrogens with two attached hydrogens (primary N) is 1. The maximum atomic E-state index is 12.2. The van der Waals surface area contributed by atoms with Crippen molar-refractivity contribution in [3.8, 4) is 0 Å². The molecule has 1 aromatic carbocycles. The van der Waals surface area contributed by atoms with E-state index in [1.807, 2.05) is 37.4 Å². The number of carbonyl (C=O) groups is 1. The Morgan fingerprint density at radius 2 is 2.17 bits per heavy atom. The molecule has 2 aromatic heterocycles. The summed E-state index contributed by atoms with van der Waals surface area (Å²) in [7, 11) is 0. The van der Waals surface area contributed by atoms with Crippen LogP contribution in [0.15, 0.2) is 28.7 Å². The number of amides is 1. The lowest BCUT2D eigenvalue weighted by atomic mass is 10.1. The van der Waals surface area contributed by atoms with E-state index in [4.69, 9.17) is 17.3 Å². The van der Waals surface area contributed by atoms with E-state index in [-0.39, 0.29) is 11.7 Å². The van der Waals surface area contributed by atoms with Gasteiger partial charge in [-0.2, -0.15) is 0 Å². The number of hydrogen-bond donors (Lipinski definition) is 2. The highest BCUT2D eigenvalue weighted by atomic mass is 35.5. The van der Waals surface area contributed by atoms with Crippen LogP contribution >= 0.6 is 34.7 Å². The van der Waals surface area contributed by atoms with Crippen molar-refractivity contribution < 1.29 is 4.79 Å². The molecule has 0 spiro atoms. The van der Waals surface area contributed by atoms with Gasteiger partial charge < -0.3 is 11.1 Å². The largest absolute Gasteiger partial charge is 0.383 e. The van der Waals surface area contributed by atoms with Crippen LogP contribution in [0, 0.1) is 13.8 Å². The number of thioether (sulfide) groups is 1. The number of fused-ring (bicyclic) bond motifs is 1. The van der Waals surface area contributed by atoms with E-state index in [0.29, 0.717) is 21.7 Å². The van der Waals surface area contributed by atoms with Crippen LogP contribution in [-0.2, 0) is 4.79 Å². The quantitative estimate of drug-likeness (QED) is 0.523. The number of nitrogens with one attached hydrogen (secondary N) is 1. The summed E-state index contributed by atoms with van der Waals surface area (Å²) in [5.74, 6) is 0.448. The Morgan fingerprint density at radius 1 is 1.38 bits per heavy atom. The summed E-state index contributed by atoms with van der Waals surface area (Å²) in [6, 6.07) is 5.69. The number of anilines is 2. The van der Waals surface area contributed by atoms with Crippen molar-refractivity contribution in [2.45, 2.75) is 19.0 Å². The number of hydrogen-bond acceptors (Lipinski definition) is 6. The Kier molecular flexibility index (Phi) is 4.93. The van der Waals surface area contributed by atoms with Crippen LogP contribution in [0.1, 0.15) is 11.1 Å². The van der Waals surface area contributed by atoms with E-state index in [0.717, 1.165) is 21.3 Å². The lowest BCUT2D eigenvalue weighted by Crippen LogP contribution is -2.15. The van der Waals surface area contributed by atoms with E-state index in [9.17, 15) is 4.79 Å². The molecule has 0 saturated heterocycles. The highest BCUT2D eigenvalue weighted by Crippen LogP contribution is 2.29. The average molecular weight is 379 g/mol. The fraction of sp³-hybridized carbons (Fsp3) is 0.188. The first-order valence-electron chi connectivity index (χ1n) is 7.14. The molecule has 0 radical (unpaired) electrons. The number of nitrogen functional groups attached to an aromatic ring is 1. The lowest BCUT2D eigenvalue weighted by molar-refractivity contribution is -0.113. The smallest absolute Gasteiger partial charge is 0.234 e. The first-order valence-corrected chi connectivity index (χ1v) is 9.38. The Balaban J connectivity index is 1.69. The van der Waals surface area contributed by atoms with Crippen LogP contribution in [0.25, 0.3) is 10.2 Å². The number of thiophene rings is 1. The van der Waals surface area contributed by atoms with Gasteiger partial charge in [0.15, 0.2) is 5.16 Å².